The van der Waals surface area contributed by atoms with E-state index >= 15 is 0 Å². The number of nitrogens with zero attached hydrogens (tertiary/aromatic N) is 3. The molecule has 60 heavy (non-hydrogen) atoms. The minimum absolute atomic E-state index is 0.0411. The van der Waals surface area contributed by atoms with Crippen LogP contribution in [0.5, 0.6) is 23.0 Å². The molecule has 320 valence electrons. The summed E-state index contributed by atoms with van der Waals surface area (Å²) >= 11 is 0. The largest absolute Gasteiger partial charge is 0.493 e. The Bertz CT molecular complexity index is 2310. The Kier molecular flexibility index (Phi) is 14.6. The summed E-state index contributed by atoms with van der Waals surface area (Å²) in [5, 5.41) is 8.99. The molecule has 0 unspecified atom stereocenters. The Labute approximate surface area is 347 Å². The summed E-state index contributed by atoms with van der Waals surface area (Å²) in [4.78, 5) is 70.2. The lowest BCUT2D eigenvalue weighted by atomic mass is 9.97. The zero-order valence-corrected chi connectivity index (χ0v) is 34.6. The van der Waals surface area contributed by atoms with E-state index in [2.05, 4.69) is 27.7 Å². The third-order valence-corrected chi connectivity index (χ3v) is 10.1. The van der Waals surface area contributed by atoms with Crippen LogP contribution in [-0.2, 0) is 27.5 Å². The molecule has 18 nitrogen and oxygen atoms in total. The van der Waals surface area contributed by atoms with E-state index in [1.54, 1.807) is 74.0 Å². The standard InChI is InChI=1S/C42H52N8O10/c1-23(2)36(43)39(52)48-30(9-8-14-46-41(44)54)38(51)47-26-12-10-25(11-13-26)21-58-42(55)49(5)15-16-50-37(29-19-34-35(60-22-59-34)20-31(29)45-4)24(3)27-17-32(56-6)33(57-7)18-28(27)40(50)53/h10-13,17-20,23,30,36H,4,8-9,14-16,21-22,43H2,1-3,5-7H3,(H,47,51)(H,48,52)(H3,44,46,54)/t30-,36-/m0/s1. The maximum Gasteiger partial charge on any atom is 0.409 e. The van der Waals surface area contributed by atoms with Crippen LogP contribution in [0.2, 0.25) is 0 Å². The van der Waals surface area contributed by atoms with Crippen LogP contribution in [0.3, 0.4) is 0 Å². The fourth-order valence-corrected chi connectivity index (χ4v) is 6.62. The van der Waals surface area contributed by atoms with Crippen molar-refractivity contribution in [2.45, 2.75) is 58.8 Å². The topological polar surface area (TPSA) is 240 Å². The molecule has 3 aromatic carbocycles. The van der Waals surface area contributed by atoms with Crippen molar-refractivity contribution in [3.63, 3.8) is 0 Å². The number of aryl methyl sites for hydroxylation is 1. The first-order chi connectivity index (χ1) is 28.7. The van der Waals surface area contributed by atoms with E-state index in [-0.39, 0.29) is 50.9 Å². The molecule has 7 N–H and O–H groups in total. The minimum atomic E-state index is -0.928. The average Bonchev–Trinajstić information content (AvgIpc) is 3.70. The number of fused-ring (bicyclic) bond motifs is 2. The molecule has 0 radical (unpaired) electrons. The number of urea groups is 1. The molecule has 1 aliphatic rings. The van der Waals surface area contributed by atoms with Crippen LogP contribution in [0.15, 0.2) is 58.3 Å². The van der Waals surface area contributed by atoms with E-state index in [1.165, 1.54) is 19.1 Å². The van der Waals surface area contributed by atoms with Crippen LogP contribution >= 0.6 is 0 Å². The molecule has 0 spiro atoms. The van der Waals surface area contributed by atoms with Gasteiger partial charge in [-0.3, -0.25) is 19.4 Å². The first kappa shape index (κ1) is 44.3. The van der Waals surface area contributed by atoms with Crippen molar-refractivity contribution in [3.8, 4) is 34.3 Å². The summed E-state index contributed by atoms with van der Waals surface area (Å²) < 4.78 is 29.5. The van der Waals surface area contributed by atoms with Gasteiger partial charge in [0.2, 0.25) is 18.6 Å². The maximum atomic E-state index is 14.3. The predicted molar refractivity (Wildman–Crippen MR) is 226 cm³/mol. The van der Waals surface area contributed by atoms with E-state index < -0.39 is 36.0 Å². The highest BCUT2D eigenvalue weighted by Crippen LogP contribution is 2.44. The van der Waals surface area contributed by atoms with E-state index in [9.17, 15) is 24.0 Å². The Morgan fingerprint density at radius 3 is 2.25 bits per heavy atom. The molecule has 0 saturated carbocycles. The van der Waals surface area contributed by atoms with Gasteiger partial charge in [-0.1, -0.05) is 26.0 Å². The van der Waals surface area contributed by atoms with E-state index in [0.717, 1.165) is 5.56 Å². The number of hydrogen-bond acceptors (Lipinski definition) is 12. The number of primary amides is 1. The number of aliphatic imine (C=N–C) groups is 1. The summed E-state index contributed by atoms with van der Waals surface area (Å²) in [6.45, 7) is 9.59. The van der Waals surface area contributed by atoms with Gasteiger partial charge in [0.1, 0.15) is 12.6 Å². The number of rotatable bonds is 18. The highest BCUT2D eigenvalue weighted by atomic mass is 16.7. The van der Waals surface area contributed by atoms with Crippen molar-refractivity contribution < 1.29 is 42.9 Å². The van der Waals surface area contributed by atoms with E-state index in [0.29, 0.717) is 68.4 Å². The Morgan fingerprint density at radius 1 is 0.983 bits per heavy atom. The Balaban J connectivity index is 1.29. The van der Waals surface area contributed by atoms with Gasteiger partial charge in [-0.25, -0.2) is 9.59 Å². The molecule has 2 atom stereocenters. The van der Waals surface area contributed by atoms with Crippen LogP contribution in [0, 0.1) is 12.8 Å². The van der Waals surface area contributed by atoms with Crippen molar-refractivity contribution in [1.82, 2.24) is 20.1 Å². The molecule has 5 rings (SSSR count). The fourth-order valence-electron chi connectivity index (χ4n) is 6.62. The van der Waals surface area contributed by atoms with Crippen LogP contribution in [0.25, 0.3) is 22.0 Å². The van der Waals surface area contributed by atoms with Gasteiger partial charge in [0, 0.05) is 44.0 Å². The molecule has 1 aliphatic heterocycles. The summed E-state index contributed by atoms with van der Waals surface area (Å²) in [6.07, 6.45) is -0.0443. The van der Waals surface area contributed by atoms with Crippen molar-refractivity contribution in [2.75, 3.05) is 46.5 Å². The number of amides is 5. The number of likely N-dealkylation sites (N-methyl/N-ethyl adjacent to an activating group) is 1. The summed E-state index contributed by atoms with van der Waals surface area (Å²) in [6, 6.07) is 11.1. The second-order valence-corrected chi connectivity index (χ2v) is 14.5. The summed E-state index contributed by atoms with van der Waals surface area (Å²) in [5.41, 5.74) is 14.2. The molecule has 18 heteroatoms. The number of nitrogens with two attached hydrogens (primary N) is 2. The minimum Gasteiger partial charge on any atom is -0.493 e. The van der Waals surface area contributed by atoms with Crippen molar-refractivity contribution in [2.24, 2.45) is 22.4 Å². The van der Waals surface area contributed by atoms with E-state index in [4.69, 9.17) is 35.2 Å². The lowest BCUT2D eigenvalue weighted by molar-refractivity contribution is -0.128. The molecule has 0 fully saturated rings. The zero-order valence-electron chi connectivity index (χ0n) is 34.6. The van der Waals surface area contributed by atoms with Crippen LogP contribution in [0.1, 0.15) is 37.8 Å². The highest BCUT2D eigenvalue weighted by Gasteiger charge is 2.27. The van der Waals surface area contributed by atoms with Gasteiger partial charge < -0.3 is 60.6 Å². The number of carbonyl (C=O) groups excluding carboxylic acids is 4. The lowest BCUT2D eigenvalue weighted by Crippen LogP contribution is -2.51. The number of pyridine rings is 1. The predicted octanol–water partition coefficient (Wildman–Crippen LogP) is 4.18. The maximum absolute atomic E-state index is 14.3. The third-order valence-electron chi connectivity index (χ3n) is 10.1. The van der Waals surface area contributed by atoms with Gasteiger partial charge in [0.25, 0.3) is 5.56 Å². The first-order valence-corrected chi connectivity index (χ1v) is 19.2. The fraction of sp³-hybridized carbons (Fsp3) is 0.381. The van der Waals surface area contributed by atoms with Gasteiger partial charge in [-0.05, 0) is 79.2 Å². The second-order valence-electron chi connectivity index (χ2n) is 14.5. The highest BCUT2D eigenvalue weighted by molar-refractivity contribution is 5.98. The number of hydrogen-bond donors (Lipinski definition) is 5. The molecule has 1 aromatic heterocycles. The number of carbonyl (C=O) groups is 4. The first-order valence-electron chi connectivity index (χ1n) is 19.2. The molecule has 4 aromatic rings. The van der Waals surface area contributed by atoms with Crippen LogP contribution < -0.4 is 51.9 Å². The zero-order chi connectivity index (χ0) is 43.7. The second kappa shape index (κ2) is 19.8. The van der Waals surface area contributed by atoms with Crippen LogP contribution in [0.4, 0.5) is 21.0 Å². The van der Waals surface area contributed by atoms with Crippen molar-refractivity contribution in [3.05, 3.63) is 70.0 Å². The van der Waals surface area contributed by atoms with Crippen molar-refractivity contribution >= 4 is 52.8 Å². The lowest BCUT2D eigenvalue weighted by Gasteiger charge is -2.23. The number of ether oxygens (including phenoxy) is 5. The summed E-state index contributed by atoms with van der Waals surface area (Å²) in [7, 11) is 4.58. The van der Waals surface area contributed by atoms with Crippen molar-refractivity contribution in [1.29, 1.82) is 0 Å². The van der Waals surface area contributed by atoms with E-state index in [1.807, 2.05) is 6.92 Å². The number of anilines is 1. The van der Waals surface area contributed by atoms with Gasteiger partial charge in [-0.2, -0.15) is 0 Å². The smallest absolute Gasteiger partial charge is 0.409 e. The molecule has 2 heterocycles. The number of methoxy groups -OCH3 is 2. The van der Waals surface area contributed by atoms with Gasteiger partial charge in [0.15, 0.2) is 23.0 Å². The van der Waals surface area contributed by atoms with Gasteiger partial charge in [0.05, 0.1) is 37.0 Å². The Morgan fingerprint density at radius 2 is 1.63 bits per heavy atom. The van der Waals surface area contributed by atoms with Crippen LogP contribution in [-0.4, -0.2) is 93.4 Å². The SMILES string of the molecule is C=Nc1cc2c(cc1-c1c(C)c3cc(OC)c(OC)cc3c(=O)n1CCN(C)C(=O)OCc1ccc(NC(=O)[C@H](CCCNC(N)=O)NC(=O)[C@@H](N)C(C)C)cc1)OCO2. The normalized spacial score (nSPS) is 12.7. The molecular weight excluding hydrogens is 777 g/mol. The molecule has 0 saturated heterocycles. The molecule has 5 amide bonds. The molecule has 0 bridgehead atoms. The number of nitrogens with one attached hydrogen (secondary N) is 3. The van der Waals surface area contributed by atoms with Gasteiger partial charge in [-0.15, -0.1) is 0 Å². The summed E-state index contributed by atoms with van der Waals surface area (Å²) in [5.74, 6) is 0.746. The monoisotopic (exact) mass is 828 g/mol. The number of aromatic nitrogens is 1. The quantitative estimate of drug-likeness (QED) is 0.0704. The average molecular weight is 829 g/mol. The van der Waals surface area contributed by atoms with Gasteiger partial charge >= 0.3 is 12.1 Å². The molecular formula is C42H52N8O10. The Hall–Kier alpha value is -6.82. The molecule has 0 aliphatic carbocycles. The third kappa shape index (κ3) is 10.2. The number of benzene rings is 3.